The highest BCUT2D eigenvalue weighted by atomic mass is 32.2. The Morgan fingerprint density at radius 3 is 2.45 bits per heavy atom. The van der Waals surface area contributed by atoms with Crippen molar-refractivity contribution in [3.8, 4) is 0 Å². The summed E-state index contributed by atoms with van der Waals surface area (Å²) < 4.78 is 33.2. The first-order chi connectivity index (χ1) is 9.51. The van der Waals surface area contributed by atoms with E-state index in [2.05, 4.69) is 5.32 Å². The quantitative estimate of drug-likeness (QED) is 0.617. The van der Waals surface area contributed by atoms with E-state index in [1.54, 1.807) is 0 Å². The van der Waals surface area contributed by atoms with Gasteiger partial charge in [-0.1, -0.05) is 0 Å². The molecular formula is C11H22N4O4S. The molecule has 8 nitrogen and oxygen atoms in total. The molecule has 2 aliphatic rings. The Labute approximate surface area is 119 Å². The number of morpholine rings is 1. The molecule has 2 heterocycles. The van der Waals surface area contributed by atoms with E-state index in [0.717, 1.165) is 13.1 Å². The summed E-state index contributed by atoms with van der Waals surface area (Å²) in [6, 6.07) is -0.170. The Morgan fingerprint density at radius 2 is 1.90 bits per heavy atom. The summed E-state index contributed by atoms with van der Waals surface area (Å²) in [7, 11) is -3.66. The molecule has 2 aliphatic heterocycles. The van der Waals surface area contributed by atoms with Crippen LogP contribution in [0.25, 0.3) is 0 Å². The molecule has 0 aromatic carbocycles. The summed E-state index contributed by atoms with van der Waals surface area (Å²) in [4.78, 5) is 11.2. The van der Waals surface area contributed by atoms with Crippen LogP contribution in [0.1, 0.15) is 12.8 Å². The first-order valence-electron chi connectivity index (χ1n) is 6.85. The van der Waals surface area contributed by atoms with Crippen LogP contribution in [0.2, 0.25) is 0 Å². The molecule has 0 atom stereocenters. The summed E-state index contributed by atoms with van der Waals surface area (Å²) >= 11 is 0. The lowest BCUT2D eigenvalue weighted by Crippen LogP contribution is -2.55. The number of primary amides is 1. The lowest BCUT2D eigenvalue weighted by molar-refractivity contribution is -0.118. The molecule has 0 spiro atoms. The number of hydrogen-bond donors (Lipinski definition) is 2. The zero-order chi connectivity index (χ0) is 14.6. The maximum absolute atomic E-state index is 12.7. The van der Waals surface area contributed by atoms with E-state index in [4.69, 9.17) is 10.5 Å². The number of carbonyl (C=O) groups excluding carboxylic acids is 1. The first kappa shape index (κ1) is 15.6. The van der Waals surface area contributed by atoms with Gasteiger partial charge < -0.3 is 15.8 Å². The average Bonchev–Trinajstić information content (AvgIpc) is 2.46. The Hall–Kier alpha value is -0.740. The number of hydrogen-bond acceptors (Lipinski definition) is 5. The van der Waals surface area contributed by atoms with Crippen LogP contribution in [-0.4, -0.2) is 74.9 Å². The lowest BCUT2D eigenvalue weighted by Gasteiger charge is -2.37. The van der Waals surface area contributed by atoms with Gasteiger partial charge in [-0.15, -0.1) is 0 Å². The van der Waals surface area contributed by atoms with Gasteiger partial charge in [0.2, 0.25) is 5.91 Å². The van der Waals surface area contributed by atoms with Gasteiger partial charge in [-0.05, 0) is 25.9 Å². The van der Waals surface area contributed by atoms with E-state index in [-0.39, 0.29) is 12.6 Å². The van der Waals surface area contributed by atoms with Gasteiger partial charge in [-0.25, -0.2) is 0 Å². The van der Waals surface area contributed by atoms with Crippen LogP contribution in [0, 0.1) is 0 Å². The van der Waals surface area contributed by atoms with Crippen molar-refractivity contribution in [2.45, 2.75) is 18.9 Å². The fourth-order valence-electron chi connectivity index (χ4n) is 2.57. The summed E-state index contributed by atoms with van der Waals surface area (Å²) in [6.07, 6.45) is 1.38. The highest BCUT2D eigenvalue weighted by molar-refractivity contribution is 7.86. The van der Waals surface area contributed by atoms with Gasteiger partial charge in [0.25, 0.3) is 10.2 Å². The third-order valence-corrected chi connectivity index (χ3v) is 5.66. The molecule has 0 radical (unpaired) electrons. The fraction of sp³-hybridized carbons (Fsp3) is 0.909. The molecule has 0 aromatic rings. The number of ether oxygens (including phenoxy) is 1. The van der Waals surface area contributed by atoms with Gasteiger partial charge in [-0.2, -0.15) is 17.0 Å². The Balaban J connectivity index is 2.16. The summed E-state index contributed by atoms with van der Waals surface area (Å²) in [5.74, 6) is -0.625. The van der Waals surface area contributed by atoms with Gasteiger partial charge >= 0.3 is 0 Å². The third-order valence-electron chi connectivity index (χ3n) is 3.62. The molecule has 1 amide bonds. The molecule has 0 bridgehead atoms. The fourth-order valence-corrected chi connectivity index (χ4v) is 4.36. The third kappa shape index (κ3) is 3.67. The molecule has 2 rings (SSSR count). The Kier molecular flexibility index (Phi) is 5.33. The van der Waals surface area contributed by atoms with Crippen molar-refractivity contribution in [1.29, 1.82) is 0 Å². The second kappa shape index (κ2) is 6.81. The number of carbonyl (C=O) groups is 1. The number of nitrogens with one attached hydrogen (secondary N) is 1. The highest BCUT2D eigenvalue weighted by Crippen LogP contribution is 2.19. The zero-order valence-electron chi connectivity index (χ0n) is 11.5. The molecule has 2 fully saturated rings. The van der Waals surface area contributed by atoms with Gasteiger partial charge in [0, 0.05) is 19.1 Å². The van der Waals surface area contributed by atoms with Crippen molar-refractivity contribution < 1.29 is 17.9 Å². The van der Waals surface area contributed by atoms with Crippen molar-refractivity contribution in [2.75, 3.05) is 45.9 Å². The monoisotopic (exact) mass is 306 g/mol. The summed E-state index contributed by atoms with van der Waals surface area (Å²) in [5, 5.41) is 3.18. The minimum atomic E-state index is -3.66. The van der Waals surface area contributed by atoms with Crippen LogP contribution in [0.15, 0.2) is 0 Å². The van der Waals surface area contributed by atoms with E-state index in [1.807, 2.05) is 0 Å². The van der Waals surface area contributed by atoms with E-state index >= 15 is 0 Å². The lowest BCUT2D eigenvalue weighted by atomic mass is 10.1. The van der Waals surface area contributed by atoms with Crippen LogP contribution in [-0.2, 0) is 19.7 Å². The van der Waals surface area contributed by atoms with E-state index in [1.165, 1.54) is 8.61 Å². The smallest absolute Gasteiger partial charge is 0.282 e. The predicted octanol–water partition coefficient (Wildman–Crippen LogP) is -1.90. The molecule has 0 aliphatic carbocycles. The molecule has 20 heavy (non-hydrogen) atoms. The Bertz CT molecular complexity index is 430. The van der Waals surface area contributed by atoms with Gasteiger partial charge in [-0.3, -0.25) is 4.79 Å². The van der Waals surface area contributed by atoms with Crippen molar-refractivity contribution >= 4 is 16.1 Å². The molecule has 116 valence electrons. The van der Waals surface area contributed by atoms with E-state index < -0.39 is 16.1 Å². The second-order valence-corrected chi connectivity index (χ2v) is 6.89. The van der Waals surface area contributed by atoms with Crippen molar-refractivity contribution in [3.63, 3.8) is 0 Å². The summed E-state index contributed by atoms with van der Waals surface area (Å²) in [6.45, 7) is 2.65. The van der Waals surface area contributed by atoms with Gasteiger partial charge in [0.1, 0.15) is 0 Å². The molecule has 2 saturated heterocycles. The topological polar surface area (TPSA) is 105 Å². The minimum absolute atomic E-state index is 0.170. The van der Waals surface area contributed by atoms with E-state index in [0.29, 0.717) is 39.1 Å². The number of amides is 1. The molecular weight excluding hydrogens is 284 g/mol. The van der Waals surface area contributed by atoms with Gasteiger partial charge in [0.05, 0.1) is 19.8 Å². The molecule has 0 aromatic heterocycles. The normalized spacial score (nSPS) is 23.1. The van der Waals surface area contributed by atoms with Crippen molar-refractivity contribution in [1.82, 2.24) is 13.9 Å². The van der Waals surface area contributed by atoms with Crippen LogP contribution < -0.4 is 11.1 Å². The molecule has 0 saturated carbocycles. The number of nitrogens with two attached hydrogens (primary N) is 1. The number of rotatable bonds is 5. The van der Waals surface area contributed by atoms with Crippen LogP contribution in [0.4, 0.5) is 0 Å². The maximum atomic E-state index is 12.7. The molecule has 3 N–H and O–H groups in total. The van der Waals surface area contributed by atoms with Crippen LogP contribution in [0.5, 0.6) is 0 Å². The number of piperidine rings is 1. The zero-order valence-corrected chi connectivity index (χ0v) is 12.3. The van der Waals surface area contributed by atoms with Crippen LogP contribution >= 0.6 is 0 Å². The van der Waals surface area contributed by atoms with Crippen LogP contribution in [0.3, 0.4) is 0 Å². The Morgan fingerprint density at radius 1 is 1.30 bits per heavy atom. The average molecular weight is 306 g/mol. The van der Waals surface area contributed by atoms with Crippen molar-refractivity contribution in [2.24, 2.45) is 5.73 Å². The highest BCUT2D eigenvalue weighted by Gasteiger charge is 2.37. The largest absolute Gasteiger partial charge is 0.379 e. The predicted molar refractivity (Wildman–Crippen MR) is 73.1 cm³/mol. The molecule has 0 unspecified atom stereocenters. The van der Waals surface area contributed by atoms with E-state index in [9.17, 15) is 13.2 Å². The second-order valence-electron chi connectivity index (χ2n) is 5.01. The SMILES string of the molecule is NC(=O)CN(C1CCNCC1)S(=O)(=O)N1CCOCC1. The molecule has 9 heteroatoms. The maximum Gasteiger partial charge on any atom is 0.282 e. The first-order valence-corrected chi connectivity index (χ1v) is 8.25. The standard InChI is InChI=1S/C11H22N4O4S/c12-11(16)9-15(10-1-3-13-4-2-10)20(17,18)14-5-7-19-8-6-14/h10,13H,1-9H2,(H2,12,16). The minimum Gasteiger partial charge on any atom is -0.379 e. The van der Waals surface area contributed by atoms with Gasteiger partial charge in [0.15, 0.2) is 0 Å². The summed E-state index contributed by atoms with van der Waals surface area (Å²) in [5.41, 5.74) is 5.22. The number of nitrogens with zero attached hydrogens (tertiary/aromatic N) is 2. The van der Waals surface area contributed by atoms with Crippen molar-refractivity contribution in [3.05, 3.63) is 0 Å².